The molecule has 1 saturated carbocycles. The number of hydrogen-bond donors (Lipinski definition) is 1. The normalized spacial score (nSPS) is 29.1. The number of aryl methyl sites for hydroxylation is 1. The van der Waals surface area contributed by atoms with Crippen molar-refractivity contribution in [1.29, 1.82) is 0 Å². The van der Waals surface area contributed by atoms with E-state index in [0.29, 0.717) is 23.8 Å². The molecule has 5 nitrogen and oxygen atoms in total. The van der Waals surface area contributed by atoms with Crippen LogP contribution in [0.2, 0.25) is 5.15 Å². The molecule has 1 aliphatic carbocycles. The van der Waals surface area contributed by atoms with Gasteiger partial charge in [-0.2, -0.15) is 0 Å². The zero-order valence-corrected chi connectivity index (χ0v) is 12.9. The summed E-state index contributed by atoms with van der Waals surface area (Å²) in [6, 6.07) is 0. The molecule has 2 fully saturated rings. The van der Waals surface area contributed by atoms with Crippen molar-refractivity contribution in [2.75, 3.05) is 18.0 Å². The highest BCUT2D eigenvalue weighted by Gasteiger charge is 2.43. The number of aldehydes is 1. The van der Waals surface area contributed by atoms with Gasteiger partial charge in [0.25, 0.3) is 0 Å². The highest BCUT2D eigenvalue weighted by Crippen LogP contribution is 2.41. The minimum Gasteiger partial charge on any atom is -0.389 e. The van der Waals surface area contributed by atoms with Crippen LogP contribution >= 0.6 is 11.6 Å². The van der Waals surface area contributed by atoms with Crippen molar-refractivity contribution in [1.82, 2.24) is 9.97 Å². The molecule has 2 heterocycles. The number of carbonyl (C=O) groups excluding carboxylic acids is 1. The van der Waals surface area contributed by atoms with Gasteiger partial charge in [-0.25, -0.2) is 9.97 Å². The second-order valence-corrected chi connectivity index (χ2v) is 6.52. The predicted molar refractivity (Wildman–Crippen MR) is 80.9 cm³/mol. The number of fused-ring (bicyclic) bond motifs is 1. The maximum Gasteiger partial charge on any atom is 0.156 e. The van der Waals surface area contributed by atoms with Gasteiger partial charge in [-0.15, -0.1) is 0 Å². The van der Waals surface area contributed by atoms with Crippen LogP contribution in [0.4, 0.5) is 5.82 Å². The molecule has 1 N–H and O–H groups in total. The fourth-order valence-corrected chi connectivity index (χ4v) is 3.89. The topological polar surface area (TPSA) is 66.3 Å². The highest BCUT2D eigenvalue weighted by molar-refractivity contribution is 6.32. The van der Waals surface area contributed by atoms with Crippen LogP contribution in [0, 0.1) is 12.8 Å². The molecule has 0 spiro atoms. The largest absolute Gasteiger partial charge is 0.389 e. The van der Waals surface area contributed by atoms with Crippen LogP contribution in [-0.2, 0) is 0 Å². The number of nitrogens with zero attached hydrogens (tertiary/aromatic N) is 3. The number of halogens is 1. The van der Waals surface area contributed by atoms with Gasteiger partial charge < -0.3 is 10.0 Å². The molecular weight excluding hydrogens is 290 g/mol. The van der Waals surface area contributed by atoms with Crippen LogP contribution in [0.1, 0.15) is 48.3 Å². The van der Waals surface area contributed by atoms with Gasteiger partial charge in [0.2, 0.25) is 0 Å². The molecule has 1 aromatic heterocycles. The molecule has 1 aromatic rings. The average molecular weight is 310 g/mol. The van der Waals surface area contributed by atoms with Crippen molar-refractivity contribution in [3.8, 4) is 0 Å². The summed E-state index contributed by atoms with van der Waals surface area (Å²) in [6.07, 6.45) is 5.61. The lowest BCUT2D eigenvalue weighted by molar-refractivity contribution is -0.0613. The molecule has 2 unspecified atom stereocenters. The second kappa shape index (κ2) is 5.54. The maximum atomic E-state index is 11.3. The third-order valence-corrected chi connectivity index (χ3v) is 5.12. The molecule has 0 bridgehead atoms. The Labute approximate surface area is 129 Å². The van der Waals surface area contributed by atoms with Gasteiger partial charge in [-0.3, -0.25) is 4.79 Å². The minimum absolute atomic E-state index is 0.206. The Morgan fingerprint density at radius 1 is 1.38 bits per heavy atom. The number of hydrogen-bond acceptors (Lipinski definition) is 5. The molecule has 0 aromatic carbocycles. The SMILES string of the molecule is Cc1nc(Cl)c(C=O)c(N2CCC3(O)CCCCC3C2)n1. The smallest absolute Gasteiger partial charge is 0.156 e. The molecule has 1 saturated heterocycles. The van der Waals surface area contributed by atoms with Crippen LogP contribution in [0.3, 0.4) is 0 Å². The van der Waals surface area contributed by atoms with Crippen molar-refractivity contribution in [3.05, 3.63) is 16.5 Å². The van der Waals surface area contributed by atoms with Crippen molar-refractivity contribution in [2.24, 2.45) is 5.92 Å². The van der Waals surface area contributed by atoms with E-state index in [1.807, 2.05) is 0 Å². The fraction of sp³-hybridized carbons (Fsp3) is 0.667. The number of aromatic nitrogens is 2. The Hall–Kier alpha value is -1.20. The molecule has 114 valence electrons. The summed E-state index contributed by atoms with van der Waals surface area (Å²) in [5.74, 6) is 1.41. The van der Waals surface area contributed by atoms with Gasteiger partial charge >= 0.3 is 0 Å². The fourth-order valence-electron chi connectivity index (χ4n) is 3.64. The van der Waals surface area contributed by atoms with Gasteiger partial charge in [0.15, 0.2) is 6.29 Å². The third kappa shape index (κ3) is 2.64. The first-order valence-electron chi connectivity index (χ1n) is 7.50. The zero-order valence-electron chi connectivity index (χ0n) is 12.2. The summed E-state index contributed by atoms with van der Waals surface area (Å²) < 4.78 is 0. The Morgan fingerprint density at radius 2 is 2.19 bits per heavy atom. The van der Waals surface area contributed by atoms with E-state index in [1.165, 1.54) is 0 Å². The van der Waals surface area contributed by atoms with E-state index in [9.17, 15) is 9.90 Å². The molecule has 2 atom stereocenters. The van der Waals surface area contributed by atoms with Crippen molar-refractivity contribution >= 4 is 23.7 Å². The lowest BCUT2D eigenvalue weighted by Crippen LogP contribution is -2.53. The molecular formula is C15H20ClN3O2. The summed E-state index contributed by atoms with van der Waals surface area (Å²) in [5.41, 5.74) is -0.189. The average Bonchev–Trinajstić information content (AvgIpc) is 2.45. The molecule has 21 heavy (non-hydrogen) atoms. The monoisotopic (exact) mass is 309 g/mol. The van der Waals surface area contributed by atoms with Crippen LogP contribution in [0.25, 0.3) is 0 Å². The maximum absolute atomic E-state index is 11.3. The Morgan fingerprint density at radius 3 is 2.95 bits per heavy atom. The highest BCUT2D eigenvalue weighted by atomic mass is 35.5. The number of anilines is 1. The van der Waals surface area contributed by atoms with Gasteiger partial charge in [-0.1, -0.05) is 24.4 Å². The predicted octanol–water partition coefficient (Wildman–Crippen LogP) is 2.38. The Kier molecular flexibility index (Phi) is 3.88. The van der Waals surface area contributed by atoms with Crippen LogP contribution in [-0.4, -0.2) is 40.1 Å². The zero-order chi connectivity index (χ0) is 15.0. The summed E-state index contributed by atoms with van der Waals surface area (Å²) in [7, 11) is 0. The van der Waals surface area contributed by atoms with E-state index in [2.05, 4.69) is 14.9 Å². The van der Waals surface area contributed by atoms with Crippen molar-refractivity contribution < 1.29 is 9.90 Å². The second-order valence-electron chi connectivity index (χ2n) is 6.16. The standard InChI is InChI=1S/C15H20ClN3O2/c1-10-17-13(16)12(9-20)14(18-10)19-7-6-15(21)5-3-2-4-11(15)8-19/h9,11,21H,2-8H2,1H3. The van der Waals surface area contributed by atoms with Gasteiger partial charge in [0.1, 0.15) is 16.8 Å². The van der Waals surface area contributed by atoms with E-state index in [0.717, 1.165) is 44.9 Å². The third-order valence-electron chi connectivity index (χ3n) is 4.84. The van der Waals surface area contributed by atoms with Crippen molar-refractivity contribution in [2.45, 2.75) is 44.6 Å². The summed E-state index contributed by atoms with van der Waals surface area (Å²) in [6.45, 7) is 3.19. The summed E-state index contributed by atoms with van der Waals surface area (Å²) >= 11 is 6.06. The van der Waals surface area contributed by atoms with Gasteiger partial charge in [-0.05, 0) is 26.2 Å². The van der Waals surface area contributed by atoms with Gasteiger partial charge in [0.05, 0.1) is 11.2 Å². The Bertz CT molecular complexity index is 566. The number of aliphatic hydroxyl groups is 1. The summed E-state index contributed by atoms with van der Waals surface area (Å²) in [4.78, 5) is 21.8. The molecule has 0 amide bonds. The van der Waals surface area contributed by atoms with Crippen LogP contribution in [0.5, 0.6) is 0 Å². The van der Waals surface area contributed by atoms with Crippen LogP contribution < -0.4 is 4.90 Å². The van der Waals surface area contributed by atoms with E-state index in [1.54, 1.807) is 6.92 Å². The molecule has 3 rings (SSSR count). The number of rotatable bonds is 2. The van der Waals surface area contributed by atoms with Gasteiger partial charge in [0, 0.05) is 19.0 Å². The minimum atomic E-state index is -0.540. The molecule has 0 radical (unpaired) electrons. The number of carbonyl (C=O) groups is 1. The Balaban J connectivity index is 1.90. The van der Waals surface area contributed by atoms with E-state index in [4.69, 9.17) is 11.6 Å². The van der Waals surface area contributed by atoms with E-state index >= 15 is 0 Å². The first-order valence-corrected chi connectivity index (χ1v) is 7.88. The lowest BCUT2D eigenvalue weighted by atomic mass is 9.71. The van der Waals surface area contributed by atoms with Crippen LogP contribution in [0.15, 0.2) is 0 Å². The van der Waals surface area contributed by atoms with E-state index in [-0.39, 0.29) is 11.1 Å². The first-order chi connectivity index (χ1) is 10.0. The quantitative estimate of drug-likeness (QED) is 0.671. The lowest BCUT2D eigenvalue weighted by Gasteiger charge is -2.47. The number of piperidine rings is 1. The van der Waals surface area contributed by atoms with Crippen molar-refractivity contribution in [3.63, 3.8) is 0 Å². The van der Waals surface area contributed by atoms with E-state index < -0.39 is 5.60 Å². The molecule has 2 aliphatic rings. The molecule has 6 heteroatoms. The first kappa shape index (κ1) is 14.7. The molecule has 1 aliphatic heterocycles. The summed E-state index contributed by atoms with van der Waals surface area (Å²) in [5, 5.41) is 10.9.